The van der Waals surface area contributed by atoms with Crippen LogP contribution in [0.25, 0.3) is 0 Å². The van der Waals surface area contributed by atoms with Crippen molar-refractivity contribution in [1.82, 2.24) is 0 Å². The van der Waals surface area contributed by atoms with Gasteiger partial charge in [0.1, 0.15) is 0 Å². The van der Waals surface area contributed by atoms with Crippen LogP contribution < -0.4 is 5.73 Å². The third kappa shape index (κ3) is 1.65. The highest BCUT2D eigenvalue weighted by molar-refractivity contribution is 5.79. The highest BCUT2D eigenvalue weighted by Gasteiger charge is 2.18. The number of nitrogens with two attached hydrogens (primary N) is 1. The van der Waals surface area contributed by atoms with E-state index in [0.717, 1.165) is 0 Å². The lowest BCUT2D eigenvalue weighted by Gasteiger charge is -2.19. The van der Waals surface area contributed by atoms with Gasteiger partial charge in [-0.1, -0.05) is 0 Å². The van der Waals surface area contributed by atoms with Crippen LogP contribution in [0.2, 0.25) is 0 Å². The van der Waals surface area contributed by atoms with Gasteiger partial charge in [-0.05, 0) is 0 Å². The zero-order valence-electron chi connectivity index (χ0n) is 5.00. The molecule has 0 radical (unpaired) electrons. The minimum atomic E-state index is -0.529. The SMILES string of the molecule is NC(=O)[C@H]1COCCO1. The lowest BCUT2D eigenvalue weighted by molar-refractivity contribution is -0.144. The van der Waals surface area contributed by atoms with E-state index >= 15 is 0 Å². The Hall–Kier alpha value is -0.610. The summed E-state index contributed by atoms with van der Waals surface area (Å²) in [6.07, 6.45) is -0.529. The van der Waals surface area contributed by atoms with Crippen LogP contribution in [0.4, 0.5) is 0 Å². The Bertz CT molecular complexity index is 109. The van der Waals surface area contributed by atoms with Gasteiger partial charge < -0.3 is 15.2 Å². The molecule has 0 saturated carbocycles. The van der Waals surface area contributed by atoms with Crippen molar-refractivity contribution < 1.29 is 14.3 Å². The third-order valence-electron chi connectivity index (χ3n) is 1.13. The summed E-state index contributed by atoms with van der Waals surface area (Å²) in [5.41, 5.74) is 4.92. The van der Waals surface area contributed by atoms with Crippen LogP contribution in [0.1, 0.15) is 0 Å². The molecule has 4 nitrogen and oxygen atoms in total. The first-order chi connectivity index (χ1) is 4.30. The van der Waals surface area contributed by atoms with E-state index in [4.69, 9.17) is 15.2 Å². The highest BCUT2D eigenvalue weighted by atomic mass is 16.6. The fourth-order valence-electron chi connectivity index (χ4n) is 0.652. The molecule has 1 rings (SSSR count). The van der Waals surface area contributed by atoms with E-state index in [1.54, 1.807) is 0 Å². The molecule has 2 N–H and O–H groups in total. The fourth-order valence-corrected chi connectivity index (χ4v) is 0.652. The van der Waals surface area contributed by atoms with Gasteiger partial charge in [0.15, 0.2) is 6.10 Å². The van der Waals surface area contributed by atoms with Crippen LogP contribution in [0.5, 0.6) is 0 Å². The molecule has 9 heavy (non-hydrogen) atoms. The van der Waals surface area contributed by atoms with Gasteiger partial charge in [-0.25, -0.2) is 0 Å². The second-order valence-corrected chi connectivity index (χ2v) is 1.84. The smallest absolute Gasteiger partial charge is 0.248 e. The molecule has 1 heterocycles. The Morgan fingerprint density at radius 1 is 1.56 bits per heavy atom. The van der Waals surface area contributed by atoms with E-state index in [0.29, 0.717) is 19.8 Å². The normalized spacial score (nSPS) is 27.8. The van der Waals surface area contributed by atoms with Crippen LogP contribution >= 0.6 is 0 Å². The monoisotopic (exact) mass is 131 g/mol. The second kappa shape index (κ2) is 2.80. The van der Waals surface area contributed by atoms with Crippen molar-refractivity contribution >= 4 is 5.91 Å². The number of ether oxygens (including phenoxy) is 2. The zero-order chi connectivity index (χ0) is 6.69. The molecule has 0 aromatic rings. The van der Waals surface area contributed by atoms with Gasteiger partial charge in [-0.2, -0.15) is 0 Å². The molecule has 1 aliphatic rings. The lowest BCUT2D eigenvalue weighted by atomic mass is 10.3. The van der Waals surface area contributed by atoms with Crippen LogP contribution in [0.15, 0.2) is 0 Å². The molecule has 1 aliphatic heterocycles. The summed E-state index contributed by atoms with van der Waals surface area (Å²) in [4.78, 5) is 10.4. The molecule has 52 valence electrons. The minimum absolute atomic E-state index is 0.301. The average Bonchev–Trinajstić information content (AvgIpc) is 1.90. The van der Waals surface area contributed by atoms with Gasteiger partial charge in [-0.15, -0.1) is 0 Å². The molecule has 1 amide bonds. The van der Waals surface area contributed by atoms with E-state index in [1.807, 2.05) is 0 Å². The molecule has 1 fully saturated rings. The van der Waals surface area contributed by atoms with Gasteiger partial charge in [0, 0.05) is 0 Å². The Kier molecular flexibility index (Phi) is 2.02. The van der Waals surface area contributed by atoms with Crippen molar-refractivity contribution in [3.63, 3.8) is 0 Å². The molecule has 4 heteroatoms. The molecule has 1 atom stereocenters. The zero-order valence-corrected chi connectivity index (χ0v) is 5.00. The van der Waals surface area contributed by atoms with Gasteiger partial charge in [0.05, 0.1) is 19.8 Å². The Labute approximate surface area is 52.9 Å². The third-order valence-corrected chi connectivity index (χ3v) is 1.13. The van der Waals surface area contributed by atoms with Crippen molar-refractivity contribution in [2.75, 3.05) is 19.8 Å². The summed E-state index contributed by atoms with van der Waals surface area (Å²) in [7, 11) is 0. The lowest BCUT2D eigenvalue weighted by Crippen LogP contribution is -2.39. The molecule has 0 spiro atoms. The summed E-state index contributed by atoms with van der Waals surface area (Å²) in [6.45, 7) is 1.33. The largest absolute Gasteiger partial charge is 0.376 e. The van der Waals surface area contributed by atoms with Crippen molar-refractivity contribution in [3.05, 3.63) is 0 Å². The fraction of sp³-hybridized carbons (Fsp3) is 0.800. The summed E-state index contributed by atoms with van der Waals surface area (Å²) >= 11 is 0. The molecule has 0 bridgehead atoms. The average molecular weight is 131 g/mol. The number of hydrogen-bond donors (Lipinski definition) is 1. The van der Waals surface area contributed by atoms with Gasteiger partial charge >= 0.3 is 0 Å². The molecule has 0 aromatic heterocycles. The molecule has 1 saturated heterocycles. The van der Waals surface area contributed by atoms with Gasteiger partial charge in [0.25, 0.3) is 0 Å². The molecule has 0 unspecified atom stereocenters. The Balaban J connectivity index is 2.31. The summed E-state index contributed by atoms with van der Waals surface area (Å²) in [5.74, 6) is -0.449. The first-order valence-corrected chi connectivity index (χ1v) is 2.79. The number of primary amides is 1. The second-order valence-electron chi connectivity index (χ2n) is 1.84. The first kappa shape index (κ1) is 6.51. The van der Waals surface area contributed by atoms with E-state index in [9.17, 15) is 4.79 Å². The first-order valence-electron chi connectivity index (χ1n) is 2.79. The molecule has 0 aliphatic carbocycles. The summed E-state index contributed by atoms with van der Waals surface area (Å²) < 4.78 is 9.86. The maximum Gasteiger partial charge on any atom is 0.248 e. The predicted octanol–water partition coefficient (Wildman–Crippen LogP) is -1.11. The van der Waals surface area contributed by atoms with E-state index < -0.39 is 12.0 Å². The summed E-state index contributed by atoms with van der Waals surface area (Å²) in [5, 5.41) is 0. The van der Waals surface area contributed by atoms with Crippen LogP contribution in [0.3, 0.4) is 0 Å². The number of amides is 1. The minimum Gasteiger partial charge on any atom is -0.376 e. The Morgan fingerprint density at radius 2 is 2.33 bits per heavy atom. The number of carbonyl (C=O) groups is 1. The van der Waals surface area contributed by atoms with Crippen LogP contribution in [-0.4, -0.2) is 31.8 Å². The van der Waals surface area contributed by atoms with Crippen LogP contribution in [-0.2, 0) is 14.3 Å². The predicted molar refractivity (Wildman–Crippen MR) is 29.8 cm³/mol. The topological polar surface area (TPSA) is 61.6 Å². The molecule has 0 aromatic carbocycles. The molecular formula is C5H9NO3. The number of rotatable bonds is 1. The maximum absolute atomic E-state index is 10.4. The van der Waals surface area contributed by atoms with Crippen LogP contribution in [0, 0.1) is 0 Å². The van der Waals surface area contributed by atoms with Crippen molar-refractivity contribution in [2.24, 2.45) is 5.73 Å². The quantitative estimate of drug-likeness (QED) is 0.490. The van der Waals surface area contributed by atoms with E-state index in [-0.39, 0.29) is 0 Å². The van der Waals surface area contributed by atoms with Crippen molar-refractivity contribution in [3.8, 4) is 0 Å². The van der Waals surface area contributed by atoms with Gasteiger partial charge in [0.2, 0.25) is 5.91 Å². The van der Waals surface area contributed by atoms with Gasteiger partial charge in [-0.3, -0.25) is 4.79 Å². The van der Waals surface area contributed by atoms with E-state index in [2.05, 4.69) is 0 Å². The summed E-state index contributed by atoms with van der Waals surface area (Å²) in [6, 6.07) is 0. The molecular weight excluding hydrogens is 122 g/mol. The number of hydrogen-bond acceptors (Lipinski definition) is 3. The van der Waals surface area contributed by atoms with Crippen molar-refractivity contribution in [2.45, 2.75) is 6.10 Å². The Morgan fingerprint density at radius 3 is 2.67 bits per heavy atom. The highest BCUT2D eigenvalue weighted by Crippen LogP contribution is 1.98. The standard InChI is InChI=1S/C5H9NO3/c6-5(7)4-3-8-1-2-9-4/h4H,1-3H2,(H2,6,7)/t4-/m1/s1. The maximum atomic E-state index is 10.4. The van der Waals surface area contributed by atoms with Crippen molar-refractivity contribution in [1.29, 1.82) is 0 Å². The number of carbonyl (C=O) groups excluding carboxylic acids is 1. The van der Waals surface area contributed by atoms with E-state index in [1.165, 1.54) is 0 Å².